The molecule has 15 atom stereocenters. The minimum Gasteiger partial charge on any atom is -0.508 e. The normalized spacial score (nSPS) is 26.2. The van der Waals surface area contributed by atoms with Crippen molar-refractivity contribution < 1.29 is 102 Å². The number of rotatable bonds is 18. The summed E-state index contributed by atoms with van der Waals surface area (Å²) in [5.74, 6) is -9.63. The summed E-state index contributed by atoms with van der Waals surface area (Å²) in [4.78, 5) is 104. The second-order valence-electron chi connectivity index (χ2n) is 24.8. The number of aromatic hydroxyl groups is 1. The quantitative estimate of drug-likeness (QED) is 0.0484. The molecule has 25 nitrogen and oxygen atoms in total. The van der Waals surface area contributed by atoms with Gasteiger partial charge in [0, 0.05) is 37.4 Å². The summed E-state index contributed by atoms with van der Waals surface area (Å²) in [6.07, 6.45) is -19.1. The van der Waals surface area contributed by atoms with Crippen LogP contribution in [0, 0.1) is 5.92 Å². The number of nitrogens with one attached hydrogen (secondary N) is 5. The van der Waals surface area contributed by atoms with Gasteiger partial charge in [-0.1, -0.05) is 81.3 Å². The summed E-state index contributed by atoms with van der Waals surface area (Å²) in [5.41, 5.74) is -0.782. The number of aliphatic hydroxyl groups excluding tert-OH is 7. The maximum atomic E-state index is 15.2. The van der Waals surface area contributed by atoms with E-state index in [0.29, 0.717) is 28.9 Å². The Morgan fingerprint density at radius 2 is 1.27 bits per heavy atom. The van der Waals surface area contributed by atoms with Crippen molar-refractivity contribution in [3.8, 4) is 33.8 Å². The van der Waals surface area contributed by atoms with E-state index < -0.39 is 176 Å². The summed E-state index contributed by atoms with van der Waals surface area (Å²) >= 11 is 0. The zero-order valence-electron chi connectivity index (χ0n) is 52.1. The Bertz CT molecular complexity index is 3230. The summed E-state index contributed by atoms with van der Waals surface area (Å²) in [7, 11) is 5.33. The van der Waals surface area contributed by atoms with Crippen LogP contribution >= 0.6 is 0 Å². The van der Waals surface area contributed by atoms with Crippen molar-refractivity contribution in [2.45, 2.75) is 151 Å². The number of nitrogens with zero attached hydrogens (tertiary/aromatic N) is 3. The molecular weight excluding hydrogens is 1210 g/mol. The molecule has 3 saturated heterocycles. The first-order valence-corrected chi connectivity index (χ1v) is 30.4. The topological polar surface area (TPSA) is 366 Å². The smallest absolute Gasteiger partial charge is 0.417 e. The molecule has 0 bridgehead atoms. The zero-order chi connectivity index (χ0) is 67.7. The van der Waals surface area contributed by atoms with E-state index in [-0.39, 0.29) is 40.1 Å². The molecule has 7 amide bonds. The van der Waals surface area contributed by atoms with Crippen molar-refractivity contribution in [1.82, 2.24) is 36.4 Å². The van der Waals surface area contributed by atoms with Gasteiger partial charge in [-0.2, -0.15) is 13.2 Å². The van der Waals surface area contributed by atoms with Crippen LogP contribution in [0.4, 0.5) is 13.2 Å². The van der Waals surface area contributed by atoms with Crippen molar-refractivity contribution in [3.63, 3.8) is 0 Å². The maximum Gasteiger partial charge on any atom is 0.417 e. The highest BCUT2D eigenvalue weighted by atomic mass is 19.4. The molecule has 1 unspecified atom stereocenters. The van der Waals surface area contributed by atoms with Gasteiger partial charge in [0.1, 0.15) is 72.6 Å². The Hall–Kier alpha value is -7.80. The number of carbonyl (C=O) groups excluding carboxylic acids is 7. The lowest BCUT2D eigenvalue weighted by molar-refractivity contribution is -0.870. The van der Waals surface area contributed by atoms with Crippen LogP contribution < -0.4 is 31.3 Å². The van der Waals surface area contributed by atoms with Gasteiger partial charge in [-0.3, -0.25) is 33.6 Å². The van der Waals surface area contributed by atoms with Crippen molar-refractivity contribution >= 4 is 41.4 Å². The number of benzene rings is 4. The van der Waals surface area contributed by atoms with Gasteiger partial charge in [0.25, 0.3) is 5.91 Å². The van der Waals surface area contributed by atoms with Crippen LogP contribution in [0.15, 0.2) is 91.0 Å². The summed E-state index contributed by atoms with van der Waals surface area (Å²) in [6, 6.07) is 8.43. The first kappa shape index (κ1) is 71.6. The van der Waals surface area contributed by atoms with E-state index in [9.17, 15) is 74.4 Å². The van der Waals surface area contributed by atoms with Gasteiger partial charge < -0.3 is 91.2 Å². The van der Waals surface area contributed by atoms with E-state index in [2.05, 4.69) is 33.5 Å². The van der Waals surface area contributed by atoms with Crippen molar-refractivity contribution in [1.29, 1.82) is 0 Å². The Kier molecular flexibility index (Phi) is 23.9. The molecule has 0 aliphatic carbocycles. The first-order chi connectivity index (χ1) is 43.3. The van der Waals surface area contributed by atoms with E-state index in [0.717, 1.165) is 67.8 Å². The van der Waals surface area contributed by atoms with Crippen LogP contribution in [-0.4, -0.2) is 230 Å². The number of hydrogen-bond donors (Lipinski definition) is 13. The number of aliphatic hydroxyl groups is 7. The lowest BCUT2D eigenvalue weighted by Crippen LogP contribution is -2.64. The van der Waals surface area contributed by atoms with Crippen molar-refractivity contribution in [2.75, 3.05) is 54.0 Å². The number of quaternary nitrogens is 1. The average molecular weight is 1290 g/mol. The lowest BCUT2D eigenvalue weighted by atomic mass is 9.94. The molecule has 3 fully saturated rings. The Morgan fingerprint density at radius 1 is 0.696 bits per heavy atom. The zero-order valence-corrected chi connectivity index (χ0v) is 52.1. The van der Waals surface area contributed by atoms with Gasteiger partial charge in [-0.05, 0) is 84.5 Å². The minimum atomic E-state index is -5.08. The number of halogens is 3. The van der Waals surface area contributed by atoms with E-state index in [1.54, 1.807) is 45.4 Å². The number of ether oxygens (including phenoxy) is 2. The Morgan fingerprint density at radius 3 is 1.86 bits per heavy atom. The fourth-order valence-corrected chi connectivity index (χ4v) is 11.2. The van der Waals surface area contributed by atoms with E-state index in [4.69, 9.17) is 9.47 Å². The fraction of sp³-hybridized carbons (Fsp3) is 0.516. The summed E-state index contributed by atoms with van der Waals surface area (Å²) in [5, 5.41) is 102. The van der Waals surface area contributed by atoms with Crippen LogP contribution in [0.25, 0.3) is 22.3 Å². The third-order valence-corrected chi connectivity index (χ3v) is 16.5. The first-order valence-electron chi connectivity index (χ1n) is 30.4. The molecule has 13 N–H and O–H groups in total. The molecule has 0 radical (unpaired) electrons. The second kappa shape index (κ2) is 30.8. The van der Waals surface area contributed by atoms with Crippen LogP contribution in [-0.2, 0) is 39.7 Å². The Labute approximate surface area is 530 Å². The number of likely N-dealkylation sites (N-methyl/N-ethyl adjacent to an activating group) is 1. The molecular formula is C64H84F3N8O17+. The third-order valence-electron chi connectivity index (χ3n) is 16.5. The van der Waals surface area contributed by atoms with Gasteiger partial charge in [-0.25, -0.2) is 0 Å². The standard InChI is InChI=1S/C64H83F3N8O17/c1-8-9-10-26-91-43-22-17-37(18-23-43)36-11-13-38(14-12-36)44-24-19-40(28-45(44)64(65,66)67)56(84)68-46-30-48(80)61(92-27-25-75(5,6)7)72-60(88)52-53(81)33(2)31-74(52)63(90)50(35(4)77)70-59(87)51(55(83)54(82)39-15-20-41(78)21-16-39)71-58(86)47-29-42(79)32-73(47)62(89)49(34(3)76)69-57(46)85/h11-24,28,33-35,42,46-55,61,76-77,79-83H,8-10,25-27,29-32H2,1-7H3,(H5-,68,69,70,71,72,78,84,85,86,87,88)/p+1/t33-,34+,35+,42?,46-,47-,48+,49-,50-,51-,52-,53-,54-,55-,61+/m0/s1. The van der Waals surface area contributed by atoms with Crippen molar-refractivity contribution in [2.24, 2.45) is 5.92 Å². The predicted molar refractivity (Wildman–Crippen MR) is 325 cm³/mol. The summed E-state index contributed by atoms with van der Waals surface area (Å²) < 4.78 is 57.7. The maximum absolute atomic E-state index is 15.2. The van der Waals surface area contributed by atoms with Crippen LogP contribution in [0.3, 0.4) is 0 Å². The molecule has 3 aliphatic heterocycles. The van der Waals surface area contributed by atoms with Gasteiger partial charge in [0.05, 0.1) is 64.3 Å². The van der Waals surface area contributed by atoms with E-state index in [1.807, 2.05) is 12.1 Å². The monoisotopic (exact) mass is 1290 g/mol. The number of carbonyl (C=O) groups is 7. The average Bonchev–Trinajstić information content (AvgIpc) is 1.50. The molecule has 0 spiro atoms. The molecule has 28 heteroatoms. The molecule has 0 saturated carbocycles. The molecule has 7 rings (SSSR count). The number of hydrogen-bond acceptors (Lipinski definition) is 17. The molecule has 4 aromatic rings. The largest absolute Gasteiger partial charge is 0.508 e. The second-order valence-corrected chi connectivity index (χ2v) is 24.8. The van der Waals surface area contributed by atoms with Crippen LogP contribution in [0.5, 0.6) is 11.5 Å². The molecule has 4 aromatic carbocycles. The number of amides is 7. The number of phenols is 1. The molecule has 92 heavy (non-hydrogen) atoms. The fourth-order valence-electron chi connectivity index (χ4n) is 11.2. The third kappa shape index (κ3) is 17.9. The minimum absolute atomic E-state index is 0.108. The molecule has 0 aromatic heterocycles. The van der Waals surface area contributed by atoms with E-state index in [1.165, 1.54) is 31.2 Å². The Balaban J connectivity index is 1.28. The molecule has 502 valence electrons. The number of unbranched alkanes of at least 4 members (excludes halogenated alkanes) is 2. The highest BCUT2D eigenvalue weighted by Crippen LogP contribution is 2.39. The highest BCUT2D eigenvalue weighted by molar-refractivity contribution is 6.00. The molecule has 3 aliphatic rings. The summed E-state index contributed by atoms with van der Waals surface area (Å²) in [6.45, 7) is 5.07. The number of fused-ring (bicyclic) bond motifs is 2. The van der Waals surface area contributed by atoms with Gasteiger partial charge >= 0.3 is 6.18 Å². The number of phenolic OH excluding ortho intramolecular Hbond substituents is 1. The van der Waals surface area contributed by atoms with Crippen LogP contribution in [0.1, 0.15) is 87.4 Å². The van der Waals surface area contributed by atoms with Gasteiger partial charge in [0.15, 0.2) is 6.23 Å². The highest BCUT2D eigenvalue weighted by Gasteiger charge is 2.51. The number of alkyl halides is 3. The van der Waals surface area contributed by atoms with E-state index >= 15 is 13.2 Å². The SMILES string of the molecule is CCCCCOc1ccc(-c2ccc(-c3ccc(C(=O)N[C@H]4C[C@@H](O)[C@@H](OCC[N+](C)(C)C)NC(=O)[C@@H]5[C@@H](O)[C@@H](C)CN5C(=O)[C@H]([C@@H](C)O)NC(=O)[C@H]([C@H](O)[C@@H](O)c5ccc(O)cc5)NC(=O)[C@@H]5CC(O)CN5C(=O)[C@H]([C@@H](C)O)NC4=O)cc3C(F)(F)F)cc2)cc1. The lowest BCUT2D eigenvalue weighted by Gasteiger charge is -2.34. The van der Waals surface area contributed by atoms with Crippen molar-refractivity contribution in [3.05, 3.63) is 108 Å². The molecule has 3 heterocycles. The van der Waals surface area contributed by atoms with Gasteiger partial charge in [-0.15, -0.1) is 0 Å². The predicted octanol–water partition coefficient (Wildman–Crippen LogP) is 0.822. The van der Waals surface area contributed by atoms with Gasteiger partial charge in [0.2, 0.25) is 35.4 Å². The van der Waals surface area contributed by atoms with Crippen LogP contribution in [0.2, 0.25) is 0 Å².